The lowest BCUT2D eigenvalue weighted by atomic mass is 9.91. The molecular weight excluding hydrogens is 332 g/mol. The van der Waals surface area contributed by atoms with Crippen molar-refractivity contribution in [2.45, 2.75) is 83.8 Å². The van der Waals surface area contributed by atoms with Crippen molar-refractivity contribution in [2.24, 2.45) is 0 Å². The van der Waals surface area contributed by atoms with Crippen LogP contribution in [-0.4, -0.2) is 38.2 Å². The summed E-state index contributed by atoms with van der Waals surface area (Å²) < 4.78 is 18.4. The fourth-order valence-corrected chi connectivity index (χ4v) is 3.86. The Morgan fingerprint density at radius 3 is 2.44 bits per heavy atom. The molecule has 3 atom stereocenters. The third-order valence-electron chi connectivity index (χ3n) is 4.96. The number of Topliss-reactive ketones (excluding diaryl/α,β-unsaturated/α-hetero) is 1. The van der Waals surface area contributed by atoms with Crippen molar-refractivity contribution >= 4 is 14.1 Å². The number of fused-ring (bicyclic) bond motifs is 1. The van der Waals surface area contributed by atoms with Gasteiger partial charge in [0.25, 0.3) is 0 Å². The maximum Gasteiger partial charge on any atom is 0.202 e. The van der Waals surface area contributed by atoms with Crippen LogP contribution in [0.5, 0.6) is 0 Å². The SMILES string of the molecule is C=C(C)C#CC1=C[C@@H](O[Si](C)(C)C(C)(C)C)[C@@H]2OC(C)(C)O[C@@H]2C1=O. The van der Waals surface area contributed by atoms with E-state index < -0.39 is 26.3 Å². The third-order valence-corrected chi connectivity index (χ3v) is 9.43. The first-order valence-electron chi connectivity index (χ1n) is 8.70. The maximum absolute atomic E-state index is 12.8. The first-order valence-corrected chi connectivity index (χ1v) is 11.6. The van der Waals surface area contributed by atoms with E-state index >= 15 is 0 Å². The summed E-state index contributed by atoms with van der Waals surface area (Å²) in [6, 6.07) is 0. The number of hydrogen-bond donors (Lipinski definition) is 0. The van der Waals surface area contributed by atoms with Gasteiger partial charge in [-0.2, -0.15) is 0 Å². The van der Waals surface area contributed by atoms with E-state index in [2.05, 4.69) is 52.3 Å². The van der Waals surface area contributed by atoms with E-state index in [1.807, 2.05) is 26.8 Å². The molecule has 2 aliphatic rings. The minimum absolute atomic E-state index is 0.0519. The Labute approximate surface area is 152 Å². The Bertz CT molecular complexity index is 670. The van der Waals surface area contributed by atoms with Gasteiger partial charge < -0.3 is 13.9 Å². The van der Waals surface area contributed by atoms with Crippen molar-refractivity contribution in [3.05, 3.63) is 23.8 Å². The maximum atomic E-state index is 12.8. The van der Waals surface area contributed by atoms with Gasteiger partial charge in [0, 0.05) is 0 Å². The number of ketones is 1. The summed E-state index contributed by atoms with van der Waals surface area (Å²) >= 11 is 0. The molecule has 25 heavy (non-hydrogen) atoms. The monoisotopic (exact) mass is 362 g/mol. The Morgan fingerprint density at radius 2 is 1.92 bits per heavy atom. The highest BCUT2D eigenvalue weighted by Gasteiger charge is 2.53. The van der Waals surface area contributed by atoms with Gasteiger partial charge in [-0.15, -0.1) is 0 Å². The predicted molar refractivity (Wildman–Crippen MR) is 102 cm³/mol. The zero-order valence-electron chi connectivity index (χ0n) is 16.6. The second kappa shape index (κ2) is 6.51. The molecule has 0 saturated carbocycles. The van der Waals surface area contributed by atoms with E-state index in [4.69, 9.17) is 13.9 Å². The van der Waals surface area contributed by atoms with E-state index in [1.54, 1.807) is 0 Å². The molecule has 4 nitrogen and oxygen atoms in total. The van der Waals surface area contributed by atoms with Crippen LogP contribution < -0.4 is 0 Å². The predicted octanol–water partition coefficient (Wildman–Crippen LogP) is 3.99. The summed E-state index contributed by atoms with van der Waals surface area (Å²) in [4.78, 5) is 12.8. The summed E-state index contributed by atoms with van der Waals surface area (Å²) in [5.74, 6) is 4.86. The largest absolute Gasteiger partial charge is 0.408 e. The van der Waals surface area contributed by atoms with Gasteiger partial charge in [0.05, 0.1) is 11.7 Å². The Morgan fingerprint density at radius 1 is 1.32 bits per heavy atom. The molecule has 1 aliphatic heterocycles. The number of rotatable bonds is 2. The van der Waals surface area contributed by atoms with E-state index in [9.17, 15) is 4.79 Å². The summed E-state index contributed by atoms with van der Waals surface area (Å²) in [5.41, 5.74) is 1.14. The van der Waals surface area contributed by atoms with Crippen LogP contribution in [0.4, 0.5) is 0 Å². The Kier molecular flexibility index (Phi) is 5.24. The normalized spacial score (nSPS) is 28.7. The first kappa shape index (κ1) is 20.1. The lowest BCUT2D eigenvalue weighted by molar-refractivity contribution is -0.155. The molecule has 1 heterocycles. The Hall–Kier alpha value is -1.19. The molecule has 0 N–H and O–H groups in total. The van der Waals surface area contributed by atoms with E-state index in [0.717, 1.165) is 0 Å². The van der Waals surface area contributed by atoms with Gasteiger partial charge in [-0.1, -0.05) is 39.2 Å². The van der Waals surface area contributed by atoms with Crippen LogP contribution in [0.25, 0.3) is 0 Å². The summed E-state index contributed by atoms with van der Waals surface area (Å²) in [6.07, 6.45) is 0.348. The molecule has 0 radical (unpaired) electrons. The number of hydrogen-bond acceptors (Lipinski definition) is 4. The standard InChI is InChI=1S/C20H30O4Si/c1-13(2)10-11-14-12-15(24-25(8,9)19(3,4)5)17-18(16(14)21)23-20(6,7)22-17/h12,15,17-18H,1H2,2-9H3/t15-,17+,18-/m1/s1. The second-order valence-electron chi connectivity index (χ2n) is 8.84. The molecule has 0 aromatic rings. The van der Waals surface area contributed by atoms with Gasteiger partial charge in [-0.3, -0.25) is 4.79 Å². The number of ether oxygens (including phenoxy) is 2. The van der Waals surface area contributed by atoms with Gasteiger partial charge in [-0.25, -0.2) is 0 Å². The molecule has 1 fully saturated rings. The molecule has 1 saturated heterocycles. The highest BCUT2D eigenvalue weighted by atomic mass is 28.4. The first-order chi connectivity index (χ1) is 11.2. The molecule has 0 bridgehead atoms. The van der Waals surface area contributed by atoms with Gasteiger partial charge >= 0.3 is 0 Å². The van der Waals surface area contributed by atoms with Crippen molar-refractivity contribution in [1.82, 2.24) is 0 Å². The van der Waals surface area contributed by atoms with Crippen molar-refractivity contribution in [3.63, 3.8) is 0 Å². The summed E-state index contributed by atoms with van der Waals surface area (Å²) in [7, 11) is -2.05. The molecule has 0 spiro atoms. The summed E-state index contributed by atoms with van der Waals surface area (Å²) in [6.45, 7) is 20.2. The molecule has 0 amide bonds. The van der Waals surface area contributed by atoms with Crippen molar-refractivity contribution in [2.75, 3.05) is 0 Å². The lowest BCUT2D eigenvalue weighted by Gasteiger charge is -2.41. The number of carbonyl (C=O) groups is 1. The van der Waals surface area contributed by atoms with Gasteiger partial charge in [-0.05, 0) is 50.6 Å². The number of allylic oxidation sites excluding steroid dienone is 1. The molecule has 2 rings (SSSR count). The second-order valence-corrected chi connectivity index (χ2v) is 13.6. The van der Waals surface area contributed by atoms with Crippen molar-refractivity contribution in [1.29, 1.82) is 0 Å². The number of carbonyl (C=O) groups excluding carboxylic acids is 1. The quantitative estimate of drug-likeness (QED) is 0.550. The molecule has 0 aromatic carbocycles. The topological polar surface area (TPSA) is 44.8 Å². The zero-order valence-corrected chi connectivity index (χ0v) is 17.6. The molecular formula is C20H30O4Si. The molecule has 0 unspecified atom stereocenters. The van der Waals surface area contributed by atoms with Gasteiger partial charge in [0.2, 0.25) is 5.78 Å². The molecule has 0 aromatic heterocycles. The van der Waals surface area contributed by atoms with Gasteiger partial charge in [0.1, 0.15) is 6.10 Å². The van der Waals surface area contributed by atoms with E-state index in [0.29, 0.717) is 11.1 Å². The van der Waals surface area contributed by atoms with Crippen LogP contribution in [0, 0.1) is 11.8 Å². The zero-order chi connectivity index (χ0) is 19.2. The van der Waals surface area contributed by atoms with Gasteiger partial charge in [0.15, 0.2) is 20.2 Å². The van der Waals surface area contributed by atoms with Crippen LogP contribution in [0.3, 0.4) is 0 Å². The van der Waals surface area contributed by atoms with Crippen molar-refractivity contribution in [3.8, 4) is 11.8 Å². The smallest absolute Gasteiger partial charge is 0.202 e. The van der Waals surface area contributed by atoms with Crippen LogP contribution in [-0.2, 0) is 18.7 Å². The van der Waals surface area contributed by atoms with Crippen molar-refractivity contribution < 1.29 is 18.7 Å². The van der Waals surface area contributed by atoms with Crippen LogP contribution in [0.2, 0.25) is 18.1 Å². The minimum atomic E-state index is -2.05. The fourth-order valence-electron chi connectivity index (χ4n) is 2.62. The minimum Gasteiger partial charge on any atom is -0.408 e. The average Bonchev–Trinajstić information content (AvgIpc) is 2.75. The molecule has 1 aliphatic carbocycles. The van der Waals surface area contributed by atoms with E-state index in [-0.39, 0.29) is 16.9 Å². The highest BCUT2D eigenvalue weighted by Crippen LogP contribution is 2.41. The lowest BCUT2D eigenvalue weighted by Crippen LogP contribution is -2.52. The van der Waals surface area contributed by atoms with Crippen LogP contribution in [0.1, 0.15) is 41.5 Å². The van der Waals surface area contributed by atoms with Crippen LogP contribution in [0.15, 0.2) is 23.8 Å². The van der Waals surface area contributed by atoms with Crippen LogP contribution >= 0.6 is 0 Å². The third kappa shape index (κ3) is 4.32. The van der Waals surface area contributed by atoms with E-state index in [1.165, 1.54) is 0 Å². The average molecular weight is 363 g/mol. The molecule has 5 heteroatoms. The summed E-state index contributed by atoms with van der Waals surface area (Å²) in [5, 5.41) is 0.0519. The molecule has 138 valence electrons. The highest BCUT2D eigenvalue weighted by molar-refractivity contribution is 6.74. The fraction of sp³-hybridized carbons (Fsp3) is 0.650. The Balaban J connectivity index is 2.42.